The molecule has 5 nitrogen and oxygen atoms in total. The molecule has 2 N–H and O–H groups in total. The molecule has 0 bridgehead atoms. The predicted molar refractivity (Wildman–Crippen MR) is 102 cm³/mol. The molecule has 2 aromatic rings. The molecule has 138 valence electrons. The molecule has 0 amide bonds. The Morgan fingerprint density at radius 3 is 2.48 bits per heavy atom. The highest BCUT2D eigenvalue weighted by atomic mass is 127. The summed E-state index contributed by atoms with van der Waals surface area (Å²) in [7, 11) is 1.65. The first-order chi connectivity index (χ1) is 11.5. The van der Waals surface area contributed by atoms with Crippen molar-refractivity contribution >= 4 is 29.9 Å². The molecule has 0 radical (unpaired) electrons. The second-order valence-corrected chi connectivity index (χ2v) is 5.17. The summed E-state index contributed by atoms with van der Waals surface area (Å²) in [6.45, 7) is 1.92. The summed E-state index contributed by atoms with van der Waals surface area (Å²) in [6, 6.07) is 6.95. The molecule has 0 saturated heterocycles. The number of guanidine groups is 1. The minimum absolute atomic E-state index is 0. The van der Waals surface area contributed by atoms with Crippen molar-refractivity contribution < 1.29 is 13.2 Å². The second kappa shape index (κ2) is 10.3. The molecule has 0 atom stereocenters. The molecule has 1 aromatic heterocycles. The minimum atomic E-state index is -4.31. The van der Waals surface area contributed by atoms with E-state index in [-0.39, 0.29) is 24.0 Å². The maximum Gasteiger partial charge on any atom is 0.416 e. The van der Waals surface area contributed by atoms with Crippen LogP contribution >= 0.6 is 24.0 Å². The average molecular weight is 467 g/mol. The van der Waals surface area contributed by atoms with Crippen molar-refractivity contribution in [3.8, 4) is 0 Å². The van der Waals surface area contributed by atoms with Crippen LogP contribution in [0.15, 0.2) is 47.7 Å². The van der Waals surface area contributed by atoms with Gasteiger partial charge >= 0.3 is 6.18 Å². The van der Waals surface area contributed by atoms with Crippen molar-refractivity contribution in [2.24, 2.45) is 4.99 Å². The number of halogens is 4. The van der Waals surface area contributed by atoms with Gasteiger partial charge in [-0.05, 0) is 30.2 Å². The van der Waals surface area contributed by atoms with E-state index in [4.69, 9.17) is 0 Å². The highest BCUT2D eigenvalue weighted by molar-refractivity contribution is 14.0. The van der Waals surface area contributed by atoms with Crippen molar-refractivity contribution in [3.63, 3.8) is 0 Å². The van der Waals surface area contributed by atoms with E-state index in [1.54, 1.807) is 13.2 Å². The molecule has 0 aliphatic heterocycles. The quantitative estimate of drug-likeness (QED) is 0.297. The normalized spacial score (nSPS) is 11.8. The third-order valence-corrected chi connectivity index (χ3v) is 3.38. The van der Waals surface area contributed by atoms with Gasteiger partial charge in [-0.2, -0.15) is 18.3 Å². The third-order valence-electron chi connectivity index (χ3n) is 3.38. The molecule has 0 aliphatic carbocycles. The van der Waals surface area contributed by atoms with Crippen molar-refractivity contribution in [2.45, 2.75) is 25.7 Å². The summed E-state index contributed by atoms with van der Waals surface area (Å²) >= 11 is 0. The molecule has 1 heterocycles. The zero-order chi connectivity index (χ0) is 17.4. The van der Waals surface area contributed by atoms with Crippen molar-refractivity contribution in [1.29, 1.82) is 0 Å². The monoisotopic (exact) mass is 467 g/mol. The first-order valence-corrected chi connectivity index (χ1v) is 7.57. The summed E-state index contributed by atoms with van der Waals surface area (Å²) in [5.41, 5.74) is 0.106. The number of rotatable bonds is 6. The van der Waals surface area contributed by atoms with E-state index in [1.807, 2.05) is 16.9 Å². The molecule has 0 saturated carbocycles. The van der Waals surface area contributed by atoms with Gasteiger partial charge in [-0.3, -0.25) is 9.67 Å². The van der Waals surface area contributed by atoms with Crippen LogP contribution in [0.1, 0.15) is 17.5 Å². The largest absolute Gasteiger partial charge is 0.416 e. The fourth-order valence-electron chi connectivity index (χ4n) is 2.10. The SMILES string of the molecule is CN=C(NCCCn1cccn1)NCc1ccc(C(F)(F)F)cc1.I. The first kappa shape index (κ1) is 21.3. The summed E-state index contributed by atoms with van der Waals surface area (Å²) < 4.78 is 39.4. The van der Waals surface area contributed by atoms with Gasteiger partial charge in [0.1, 0.15) is 0 Å². The lowest BCUT2D eigenvalue weighted by Gasteiger charge is -2.12. The minimum Gasteiger partial charge on any atom is -0.356 e. The van der Waals surface area contributed by atoms with E-state index in [2.05, 4.69) is 20.7 Å². The Bertz CT molecular complexity index is 639. The van der Waals surface area contributed by atoms with E-state index < -0.39 is 11.7 Å². The number of aliphatic imine (C=N–C) groups is 1. The molecule has 9 heteroatoms. The second-order valence-electron chi connectivity index (χ2n) is 5.17. The van der Waals surface area contributed by atoms with Crippen LogP contribution in [0.5, 0.6) is 0 Å². The zero-order valence-corrected chi connectivity index (χ0v) is 16.1. The Hall–Kier alpha value is -1.78. The van der Waals surface area contributed by atoms with Crippen LogP contribution in [-0.2, 0) is 19.3 Å². The Morgan fingerprint density at radius 1 is 1.20 bits per heavy atom. The summed E-state index contributed by atoms with van der Waals surface area (Å²) in [4.78, 5) is 4.09. The zero-order valence-electron chi connectivity index (χ0n) is 13.8. The number of aryl methyl sites for hydroxylation is 1. The van der Waals surface area contributed by atoms with Crippen LogP contribution in [0.3, 0.4) is 0 Å². The standard InChI is InChI=1S/C16H20F3N5.HI/c1-20-15(21-8-2-10-24-11-3-9-23-24)22-12-13-4-6-14(7-5-13)16(17,18)19;/h3-7,9,11H,2,8,10,12H2,1H3,(H2,20,21,22);1H. The van der Waals surface area contributed by atoms with Gasteiger partial charge in [0.05, 0.1) is 5.56 Å². The Kier molecular flexibility index (Phi) is 8.73. The van der Waals surface area contributed by atoms with Crippen molar-refractivity contribution in [2.75, 3.05) is 13.6 Å². The van der Waals surface area contributed by atoms with Gasteiger partial charge in [0, 0.05) is 39.1 Å². The lowest BCUT2D eigenvalue weighted by atomic mass is 10.1. The summed E-state index contributed by atoms with van der Waals surface area (Å²) in [6.07, 6.45) is 0.205. The number of hydrogen-bond acceptors (Lipinski definition) is 2. The van der Waals surface area contributed by atoms with E-state index in [9.17, 15) is 13.2 Å². The van der Waals surface area contributed by atoms with Gasteiger partial charge < -0.3 is 10.6 Å². The molecule has 0 spiro atoms. The van der Waals surface area contributed by atoms with Crippen LogP contribution in [0, 0.1) is 0 Å². The summed E-state index contributed by atoms with van der Waals surface area (Å²) in [5.74, 6) is 0.607. The lowest BCUT2D eigenvalue weighted by Crippen LogP contribution is -2.37. The first-order valence-electron chi connectivity index (χ1n) is 7.57. The molecule has 0 unspecified atom stereocenters. The topological polar surface area (TPSA) is 54.2 Å². The fraction of sp³-hybridized carbons (Fsp3) is 0.375. The van der Waals surface area contributed by atoms with E-state index in [0.717, 1.165) is 30.7 Å². The van der Waals surface area contributed by atoms with E-state index in [1.165, 1.54) is 12.1 Å². The van der Waals surface area contributed by atoms with Crippen LogP contribution in [0.2, 0.25) is 0 Å². The molecular formula is C16H21F3IN5. The maximum absolute atomic E-state index is 12.5. The molecule has 1 aromatic carbocycles. The van der Waals surface area contributed by atoms with Gasteiger partial charge in [0.25, 0.3) is 0 Å². The Morgan fingerprint density at radius 2 is 1.92 bits per heavy atom. The molecule has 0 aliphatic rings. The third kappa shape index (κ3) is 7.32. The van der Waals surface area contributed by atoms with Gasteiger partial charge in [-0.25, -0.2) is 0 Å². The molecular weight excluding hydrogens is 446 g/mol. The van der Waals surface area contributed by atoms with E-state index in [0.29, 0.717) is 19.0 Å². The number of nitrogens with zero attached hydrogens (tertiary/aromatic N) is 3. The fourth-order valence-corrected chi connectivity index (χ4v) is 2.10. The maximum atomic E-state index is 12.5. The molecule has 25 heavy (non-hydrogen) atoms. The molecule has 0 fully saturated rings. The van der Waals surface area contributed by atoms with Gasteiger partial charge in [-0.1, -0.05) is 12.1 Å². The number of nitrogens with one attached hydrogen (secondary N) is 2. The highest BCUT2D eigenvalue weighted by Gasteiger charge is 2.29. The average Bonchev–Trinajstić information content (AvgIpc) is 3.07. The summed E-state index contributed by atoms with van der Waals surface area (Å²) in [5, 5.41) is 10.3. The number of aromatic nitrogens is 2. The van der Waals surface area contributed by atoms with Crippen LogP contribution in [0.4, 0.5) is 13.2 Å². The number of alkyl halides is 3. The number of benzene rings is 1. The number of hydrogen-bond donors (Lipinski definition) is 2. The van der Waals surface area contributed by atoms with Crippen LogP contribution in [0.25, 0.3) is 0 Å². The Balaban J connectivity index is 0.00000312. The van der Waals surface area contributed by atoms with E-state index >= 15 is 0 Å². The highest BCUT2D eigenvalue weighted by Crippen LogP contribution is 2.28. The van der Waals surface area contributed by atoms with Gasteiger partial charge in [0.15, 0.2) is 5.96 Å². The van der Waals surface area contributed by atoms with Crippen molar-refractivity contribution in [3.05, 3.63) is 53.9 Å². The molecule has 2 rings (SSSR count). The van der Waals surface area contributed by atoms with Crippen molar-refractivity contribution in [1.82, 2.24) is 20.4 Å². The van der Waals surface area contributed by atoms with Gasteiger partial charge in [0.2, 0.25) is 0 Å². The van der Waals surface area contributed by atoms with Crippen LogP contribution in [-0.4, -0.2) is 29.3 Å². The smallest absolute Gasteiger partial charge is 0.356 e. The predicted octanol–water partition coefficient (Wildman–Crippen LogP) is 3.28. The lowest BCUT2D eigenvalue weighted by molar-refractivity contribution is -0.137. The van der Waals surface area contributed by atoms with Crippen LogP contribution < -0.4 is 10.6 Å². The van der Waals surface area contributed by atoms with Gasteiger partial charge in [-0.15, -0.1) is 24.0 Å². The Labute approximate surface area is 161 Å².